The predicted octanol–water partition coefficient (Wildman–Crippen LogP) is 3.73. The fraction of sp³-hybridized carbons (Fsp3) is 0.167. The van der Waals surface area contributed by atoms with Crippen molar-refractivity contribution in [1.82, 2.24) is 0 Å². The van der Waals surface area contributed by atoms with Gasteiger partial charge in [-0.2, -0.15) is 0 Å². The Labute approximate surface area is 168 Å². The number of amides is 1. The molecular formula is C24H21NO4. The Morgan fingerprint density at radius 3 is 2.55 bits per heavy atom. The van der Waals surface area contributed by atoms with Gasteiger partial charge in [-0.15, -0.1) is 0 Å². The van der Waals surface area contributed by atoms with E-state index < -0.39 is 11.5 Å². The third kappa shape index (κ3) is 3.77. The first-order valence-corrected chi connectivity index (χ1v) is 9.50. The van der Waals surface area contributed by atoms with Crippen LogP contribution in [0.25, 0.3) is 6.08 Å². The molecule has 2 heterocycles. The fourth-order valence-corrected chi connectivity index (χ4v) is 3.66. The van der Waals surface area contributed by atoms with Crippen LogP contribution in [-0.2, 0) is 21.6 Å². The molecule has 5 nitrogen and oxygen atoms in total. The van der Waals surface area contributed by atoms with Gasteiger partial charge in [-0.25, -0.2) is 0 Å². The summed E-state index contributed by atoms with van der Waals surface area (Å²) in [4.78, 5) is 27.2. The van der Waals surface area contributed by atoms with E-state index in [1.54, 1.807) is 35.2 Å². The van der Waals surface area contributed by atoms with E-state index in [-0.39, 0.29) is 12.2 Å². The Morgan fingerprint density at radius 1 is 1.03 bits per heavy atom. The highest BCUT2D eigenvalue weighted by Gasteiger charge is 2.50. The number of benzene rings is 2. The third-order valence-electron chi connectivity index (χ3n) is 5.11. The number of hydrogen-bond donors (Lipinski definition) is 1. The molecule has 29 heavy (non-hydrogen) atoms. The Hall–Kier alpha value is -3.44. The van der Waals surface area contributed by atoms with E-state index in [1.807, 2.05) is 36.4 Å². The lowest BCUT2D eigenvalue weighted by Gasteiger charge is -2.22. The van der Waals surface area contributed by atoms with Gasteiger partial charge in [-0.05, 0) is 42.3 Å². The number of hydrogen-bond acceptors (Lipinski definition) is 4. The van der Waals surface area contributed by atoms with E-state index in [0.717, 1.165) is 5.56 Å². The normalized spacial score (nSPS) is 18.4. The zero-order valence-corrected chi connectivity index (χ0v) is 15.8. The summed E-state index contributed by atoms with van der Waals surface area (Å²) in [5.74, 6) is -0.278. The average molecular weight is 387 g/mol. The molecule has 1 atom stereocenters. The molecule has 1 aliphatic rings. The lowest BCUT2D eigenvalue weighted by Crippen LogP contribution is -2.42. The van der Waals surface area contributed by atoms with Crippen LogP contribution in [0.1, 0.15) is 23.3 Å². The summed E-state index contributed by atoms with van der Waals surface area (Å²) in [5, 5.41) is 11.2. The van der Waals surface area contributed by atoms with Crippen molar-refractivity contribution in [3.05, 3.63) is 96.0 Å². The van der Waals surface area contributed by atoms with Gasteiger partial charge in [0.15, 0.2) is 11.4 Å². The number of nitrogens with zero attached hydrogens (tertiary/aromatic N) is 1. The van der Waals surface area contributed by atoms with Gasteiger partial charge >= 0.3 is 0 Å². The van der Waals surface area contributed by atoms with Crippen molar-refractivity contribution < 1.29 is 19.1 Å². The lowest BCUT2D eigenvalue weighted by molar-refractivity contribution is -0.140. The number of anilines is 1. The number of fused-ring (bicyclic) bond motifs is 1. The van der Waals surface area contributed by atoms with E-state index in [4.69, 9.17) is 4.42 Å². The molecule has 2 aromatic carbocycles. The van der Waals surface area contributed by atoms with Crippen LogP contribution in [0.4, 0.5) is 5.69 Å². The highest BCUT2D eigenvalue weighted by Crippen LogP contribution is 2.42. The monoisotopic (exact) mass is 387 g/mol. The molecule has 1 aliphatic heterocycles. The SMILES string of the molecule is O=C(/C=C/c1ccco1)CC1(O)C(=O)N(CCc2ccccc2)c2ccccc21. The Bertz CT molecular complexity index is 1040. The van der Waals surface area contributed by atoms with Crippen molar-refractivity contribution in [1.29, 1.82) is 0 Å². The number of rotatable bonds is 7. The molecule has 3 aromatic rings. The smallest absolute Gasteiger partial charge is 0.264 e. The summed E-state index contributed by atoms with van der Waals surface area (Å²) < 4.78 is 5.17. The van der Waals surface area contributed by atoms with Crippen molar-refractivity contribution in [2.75, 3.05) is 11.4 Å². The molecule has 4 rings (SSSR count). The zero-order chi connectivity index (χ0) is 20.3. The summed E-state index contributed by atoms with van der Waals surface area (Å²) in [7, 11) is 0. The Kier molecular flexibility index (Phi) is 5.14. The molecule has 1 amide bonds. The molecule has 1 unspecified atom stereocenters. The van der Waals surface area contributed by atoms with Gasteiger partial charge in [0, 0.05) is 12.1 Å². The van der Waals surface area contributed by atoms with Gasteiger partial charge in [0.25, 0.3) is 5.91 Å². The highest BCUT2D eigenvalue weighted by molar-refractivity contribution is 6.10. The molecule has 0 saturated heterocycles. The van der Waals surface area contributed by atoms with Crippen LogP contribution in [0.5, 0.6) is 0 Å². The molecule has 0 fully saturated rings. The topological polar surface area (TPSA) is 70.7 Å². The minimum absolute atomic E-state index is 0.318. The molecule has 0 bridgehead atoms. The second kappa shape index (κ2) is 7.89. The van der Waals surface area contributed by atoms with Gasteiger partial charge in [-0.1, -0.05) is 48.5 Å². The van der Waals surface area contributed by atoms with E-state index >= 15 is 0 Å². The molecule has 0 spiro atoms. The van der Waals surface area contributed by atoms with Crippen molar-refractivity contribution in [2.45, 2.75) is 18.4 Å². The van der Waals surface area contributed by atoms with Crippen LogP contribution in [0, 0.1) is 0 Å². The molecule has 1 aromatic heterocycles. The van der Waals surface area contributed by atoms with Crippen molar-refractivity contribution in [3.8, 4) is 0 Å². The molecule has 0 aliphatic carbocycles. The van der Waals surface area contributed by atoms with Gasteiger partial charge in [0.2, 0.25) is 0 Å². The van der Waals surface area contributed by atoms with E-state index in [1.165, 1.54) is 18.4 Å². The average Bonchev–Trinajstić information content (AvgIpc) is 3.33. The number of para-hydroxylation sites is 1. The predicted molar refractivity (Wildman–Crippen MR) is 110 cm³/mol. The van der Waals surface area contributed by atoms with Crippen molar-refractivity contribution in [2.24, 2.45) is 0 Å². The Balaban J connectivity index is 1.55. The molecule has 0 radical (unpaired) electrons. The largest absolute Gasteiger partial charge is 0.465 e. The van der Waals surface area contributed by atoms with E-state index in [0.29, 0.717) is 30.0 Å². The third-order valence-corrected chi connectivity index (χ3v) is 5.11. The summed E-state index contributed by atoms with van der Waals surface area (Å²) in [6, 6.07) is 20.4. The first-order valence-electron chi connectivity index (χ1n) is 9.50. The second-order valence-corrected chi connectivity index (χ2v) is 7.06. The summed E-state index contributed by atoms with van der Waals surface area (Å²) in [6.07, 6.45) is 4.72. The number of aliphatic hydroxyl groups is 1. The standard InChI is InChI=1S/C24H21NO4/c26-19(12-13-20-9-6-16-29-20)17-24(28)21-10-4-5-11-22(21)25(23(24)27)15-14-18-7-2-1-3-8-18/h1-13,16,28H,14-15,17H2/b13-12+. The first-order chi connectivity index (χ1) is 14.1. The van der Waals surface area contributed by atoms with Crippen LogP contribution in [-0.4, -0.2) is 23.3 Å². The molecule has 5 heteroatoms. The quantitative estimate of drug-likeness (QED) is 0.627. The fourth-order valence-electron chi connectivity index (χ4n) is 3.66. The van der Waals surface area contributed by atoms with Gasteiger partial charge in [0.1, 0.15) is 5.76 Å². The van der Waals surface area contributed by atoms with Gasteiger partial charge in [-0.3, -0.25) is 9.59 Å². The van der Waals surface area contributed by atoms with Crippen molar-refractivity contribution >= 4 is 23.5 Å². The van der Waals surface area contributed by atoms with Crippen LogP contribution in [0.15, 0.2) is 83.5 Å². The molecular weight excluding hydrogens is 366 g/mol. The number of furan rings is 1. The maximum atomic E-state index is 13.2. The zero-order valence-electron chi connectivity index (χ0n) is 15.8. The van der Waals surface area contributed by atoms with E-state index in [2.05, 4.69) is 0 Å². The molecule has 1 N–H and O–H groups in total. The number of carbonyl (C=O) groups excluding carboxylic acids is 2. The van der Waals surface area contributed by atoms with E-state index in [9.17, 15) is 14.7 Å². The Morgan fingerprint density at radius 2 is 1.79 bits per heavy atom. The molecule has 146 valence electrons. The van der Waals surface area contributed by atoms with Crippen LogP contribution in [0.3, 0.4) is 0 Å². The lowest BCUT2D eigenvalue weighted by atomic mass is 9.90. The maximum absolute atomic E-state index is 13.2. The van der Waals surface area contributed by atoms with Gasteiger partial charge in [0.05, 0.1) is 18.4 Å². The summed E-state index contributed by atoms with van der Waals surface area (Å²) in [5.41, 5.74) is 0.361. The summed E-state index contributed by atoms with van der Waals surface area (Å²) in [6.45, 7) is 0.429. The van der Waals surface area contributed by atoms with Gasteiger partial charge < -0.3 is 14.4 Å². The minimum Gasteiger partial charge on any atom is -0.465 e. The van der Waals surface area contributed by atoms with Crippen molar-refractivity contribution in [3.63, 3.8) is 0 Å². The second-order valence-electron chi connectivity index (χ2n) is 7.06. The minimum atomic E-state index is -1.86. The first kappa shape index (κ1) is 18.9. The highest BCUT2D eigenvalue weighted by atomic mass is 16.3. The maximum Gasteiger partial charge on any atom is 0.264 e. The molecule has 0 saturated carbocycles. The number of ketones is 1. The van der Waals surface area contributed by atoms with Crippen LogP contribution < -0.4 is 4.90 Å². The summed E-state index contributed by atoms with van der Waals surface area (Å²) >= 11 is 0. The number of allylic oxidation sites excluding steroid dienone is 1. The van der Waals surface area contributed by atoms with Crippen LogP contribution >= 0.6 is 0 Å². The number of carbonyl (C=O) groups is 2. The van der Waals surface area contributed by atoms with Crippen LogP contribution in [0.2, 0.25) is 0 Å².